The maximum atomic E-state index is 6.08. The first kappa shape index (κ1) is 13.1. The zero-order chi connectivity index (χ0) is 12.1. The molecule has 1 fully saturated rings. The van der Waals surface area contributed by atoms with E-state index in [0.717, 1.165) is 17.4 Å². The van der Waals surface area contributed by atoms with Crippen LogP contribution in [0.25, 0.3) is 0 Å². The Kier molecular flexibility index (Phi) is 4.63. The van der Waals surface area contributed by atoms with E-state index in [1.54, 1.807) is 0 Å². The van der Waals surface area contributed by atoms with E-state index in [1.807, 2.05) is 0 Å². The zero-order valence-corrected chi connectivity index (χ0v) is 12.0. The first-order chi connectivity index (χ1) is 8.24. The van der Waals surface area contributed by atoms with Crippen molar-refractivity contribution in [2.24, 2.45) is 11.1 Å². The van der Waals surface area contributed by atoms with Crippen molar-refractivity contribution >= 4 is 15.9 Å². The maximum Gasteiger partial charge on any atom is 0.0175 e. The van der Waals surface area contributed by atoms with E-state index in [9.17, 15) is 0 Å². The first-order valence-electron chi connectivity index (χ1n) is 6.69. The van der Waals surface area contributed by atoms with Crippen molar-refractivity contribution in [2.75, 3.05) is 6.54 Å². The fourth-order valence-corrected chi connectivity index (χ4v) is 3.23. The number of hydrogen-bond acceptors (Lipinski definition) is 1. The van der Waals surface area contributed by atoms with Gasteiger partial charge in [0, 0.05) is 4.47 Å². The molecule has 1 aromatic rings. The molecular weight excluding hydrogens is 274 g/mol. The van der Waals surface area contributed by atoms with E-state index in [-0.39, 0.29) is 0 Å². The molecule has 0 atom stereocenters. The maximum absolute atomic E-state index is 6.08. The van der Waals surface area contributed by atoms with E-state index >= 15 is 0 Å². The van der Waals surface area contributed by atoms with E-state index in [0.29, 0.717) is 5.41 Å². The molecule has 1 aliphatic rings. The van der Waals surface area contributed by atoms with Crippen LogP contribution >= 0.6 is 15.9 Å². The van der Waals surface area contributed by atoms with Gasteiger partial charge < -0.3 is 5.73 Å². The Labute approximate surface area is 113 Å². The van der Waals surface area contributed by atoms with Crippen LogP contribution in [0.2, 0.25) is 0 Å². The third kappa shape index (κ3) is 3.56. The topological polar surface area (TPSA) is 26.0 Å². The van der Waals surface area contributed by atoms with Crippen LogP contribution in [-0.4, -0.2) is 6.54 Å². The summed E-state index contributed by atoms with van der Waals surface area (Å²) in [5.74, 6) is 0. The third-order valence-electron chi connectivity index (χ3n) is 4.09. The van der Waals surface area contributed by atoms with Crippen molar-refractivity contribution in [1.82, 2.24) is 0 Å². The van der Waals surface area contributed by atoms with Crippen molar-refractivity contribution in [1.29, 1.82) is 0 Å². The summed E-state index contributed by atoms with van der Waals surface area (Å²) in [4.78, 5) is 0. The fraction of sp³-hybridized carbons (Fsp3) is 0.600. The molecule has 1 saturated carbocycles. The molecule has 0 unspecified atom stereocenters. The van der Waals surface area contributed by atoms with Crippen LogP contribution in [0.1, 0.15) is 44.1 Å². The van der Waals surface area contributed by atoms with Crippen molar-refractivity contribution in [3.8, 4) is 0 Å². The van der Waals surface area contributed by atoms with Crippen molar-refractivity contribution in [3.05, 3.63) is 34.3 Å². The van der Waals surface area contributed by atoms with Crippen LogP contribution in [0.3, 0.4) is 0 Å². The lowest BCUT2D eigenvalue weighted by Crippen LogP contribution is -2.32. The summed E-state index contributed by atoms with van der Waals surface area (Å²) in [7, 11) is 0. The minimum atomic E-state index is 0.365. The van der Waals surface area contributed by atoms with Crippen LogP contribution in [0.4, 0.5) is 0 Å². The normalized spacial score (nSPS) is 19.9. The second kappa shape index (κ2) is 6.01. The molecule has 0 aromatic heterocycles. The molecule has 17 heavy (non-hydrogen) atoms. The minimum Gasteiger partial charge on any atom is -0.330 e. The largest absolute Gasteiger partial charge is 0.330 e. The molecule has 1 nitrogen and oxygen atoms in total. The minimum absolute atomic E-state index is 0.365. The number of hydrogen-bond donors (Lipinski definition) is 1. The van der Waals surface area contributed by atoms with Gasteiger partial charge in [0.15, 0.2) is 0 Å². The van der Waals surface area contributed by atoms with Gasteiger partial charge in [-0.2, -0.15) is 0 Å². The average molecular weight is 296 g/mol. The molecule has 0 bridgehead atoms. The predicted molar refractivity (Wildman–Crippen MR) is 77.0 cm³/mol. The average Bonchev–Trinajstić information content (AvgIpc) is 2.58. The Morgan fingerprint density at radius 1 is 1.00 bits per heavy atom. The lowest BCUT2D eigenvalue weighted by Gasteiger charge is -2.31. The van der Waals surface area contributed by atoms with Gasteiger partial charge in [0.25, 0.3) is 0 Å². The zero-order valence-electron chi connectivity index (χ0n) is 10.4. The van der Waals surface area contributed by atoms with Gasteiger partial charge >= 0.3 is 0 Å². The highest BCUT2D eigenvalue weighted by Crippen LogP contribution is 2.37. The highest BCUT2D eigenvalue weighted by Gasteiger charge is 2.29. The van der Waals surface area contributed by atoms with Gasteiger partial charge in [0.1, 0.15) is 0 Å². The third-order valence-corrected chi connectivity index (χ3v) is 4.62. The molecule has 0 spiro atoms. The van der Waals surface area contributed by atoms with Gasteiger partial charge in [-0.25, -0.2) is 0 Å². The summed E-state index contributed by atoms with van der Waals surface area (Å²) in [6.07, 6.45) is 9.25. The van der Waals surface area contributed by atoms with E-state index in [4.69, 9.17) is 5.73 Å². The Balaban J connectivity index is 2.09. The molecule has 0 saturated heterocycles. The lowest BCUT2D eigenvalue weighted by atomic mass is 9.75. The summed E-state index contributed by atoms with van der Waals surface area (Å²) in [6, 6.07) is 8.73. The van der Waals surface area contributed by atoms with Gasteiger partial charge in [-0.1, -0.05) is 53.7 Å². The van der Waals surface area contributed by atoms with Crippen LogP contribution in [0.5, 0.6) is 0 Å². The van der Waals surface area contributed by atoms with Gasteiger partial charge in [0.2, 0.25) is 0 Å². The van der Waals surface area contributed by atoms with Gasteiger partial charge in [0.05, 0.1) is 0 Å². The van der Waals surface area contributed by atoms with E-state index < -0.39 is 0 Å². The second-order valence-electron chi connectivity index (χ2n) is 5.42. The molecule has 0 amide bonds. The number of halogens is 1. The highest BCUT2D eigenvalue weighted by molar-refractivity contribution is 9.10. The number of nitrogens with two attached hydrogens (primary N) is 1. The standard InChI is InChI=1S/C15H22BrN/c16-14-7-5-13(6-8-14)11-15(12-17)9-3-1-2-4-10-15/h5-8H,1-4,9-12,17H2. The van der Waals surface area contributed by atoms with E-state index in [1.165, 1.54) is 44.1 Å². The highest BCUT2D eigenvalue weighted by atomic mass is 79.9. The van der Waals surface area contributed by atoms with Crippen LogP contribution in [-0.2, 0) is 6.42 Å². The van der Waals surface area contributed by atoms with Crippen molar-refractivity contribution < 1.29 is 0 Å². The quantitative estimate of drug-likeness (QED) is 0.827. The molecule has 0 aliphatic heterocycles. The lowest BCUT2D eigenvalue weighted by molar-refractivity contribution is 0.252. The molecule has 0 heterocycles. The molecule has 2 N–H and O–H groups in total. The molecule has 2 heteroatoms. The Bertz CT molecular complexity index is 336. The summed E-state index contributed by atoms with van der Waals surface area (Å²) >= 11 is 3.49. The molecular formula is C15H22BrN. The van der Waals surface area contributed by atoms with E-state index in [2.05, 4.69) is 40.2 Å². The Morgan fingerprint density at radius 3 is 2.12 bits per heavy atom. The summed E-state index contributed by atoms with van der Waals surface area (Å²) in [6.45, 7) is 0.836. The Hall–Kier alpha value is -0.340. The van der Waals surface area contributed by atoms with Crippen molar-refractivity contribution in [3.63, 3.8) is 0 Å². The Morgan fingerprint density at radius 2 is 1.59 bits per heavy atom. The monoisotopic (exact) mass is 295 g/mol. The van der Waals surface area contributed by atoms with Gasteiger partial charge in [-0.05, 0) is 48.9 Å². The van der Waals surface area contributed by atoms with Gasteiger partial charge in [-0.15, -0.1) is 0 Å². The molecule has 0 radical (unpaired) electrons. The summed E-state index contributed by atoms with van der Waals surface area (Å²) in [5.41, 5.74) is 7.87. The number of rotatable bonds is 3. The predicted octanol–water partition coefficient (Wildman–Crippen LogP) is 4.29. The van der Waals surface area contributed by atoms with Crippen LogP contribution in [0.15, 0.2) is 28.7 Å². The second-order valence-corrected chi connectivity index (χ2v) is 6.34. The molecule has 94 valence electrons. The summed E-state index contributed by atoms with van der Waals surface area (Å²) in [5, 5.41) is 0. The van der Waals surface area contributed by atoms with Gasteiger partial charge in [-0.3, -0.25) is 0 Å². The fourth-order valence-electron chi connectivity index (χ4n) is 2.97. The van der Waals surface area contributed by atoms with Crippen LogP contribution < -0.4 is 5.73 Å². The molecule has 1 aromatic carbocycles. The number of benzene rings is 1. The molecule has 2 rings (SSSR count). The van der Waals surface area contributed by atoms with Crippen LogP contribution in [0, 0.1) is 5.41 Å². The van der Waals surface area contributed by atoms with Crippen molar-refractivity contribution in [2.45, 2.75) is 44.9 Å². The first-order valence-corrected chi connectivity index (χ1v) is 7.48. The smallest absolute Gasteiger partial charge is 0.0175 e. The molecule has 1 aliphatic carbocycles. The summed E-state index contributed by atoms with van der Waals surface area (Å²) < 4.78 is 1.16. The SMILES string of the molecule is NCC1(Cc2ccc(Br)cc2)CCCCCC1.